The van der Waals surface area contributed by atoms with Crippen molar-refractivity contribution in [2.24, 2.45) is 0 Å². The molecule has 0 radical (unpaired) electrons. The third kappa shape index (κ3) is 3.83. The maximum Gasteiger partial charge on any atom is 0.277 e. The van der Waals surface area contributed by atoms with Gasteiger partial charge in [-0.2, -0.15) is 0 Å². The summed E-state index contributed by atoms with van der Waals surface area (Å²) in [6.45, 7) is 0.394. The Labute approximate surface area is 152 Å². The number of para-hydroxylation sites is 1. The molecule has 0 bridgehead atoms. The molecule has 3 aromatic carbocycles. The van der Waals surface area contributed by atoms with Gasteiger partial charge in [0.25, 0.3) is 5.69 Å². The van der Waals surface area contributed by atoms with Crippen LogP contribution >= 0.6 is 0 Å². The van der Waals surface area contributed by atoms with Crippen LogP contribution in [0.5, 0.6) is 5.75 Å². The first kappa shape index (κ1) is 17.5. The predicted molar refractivity (Wildman–Crippen MR) is 104 cm³/mol. The van der Waals surface area contributed by atoms with E-state index < -0.39 is 0 Å². The van der Waals surface area contributed by atoms with Gasteiger partial charge in [-0.1, -0.05) is 42.5 Å². The maximum absolute atomic E-state index is 11.4. The second-order valence-corrected chi connectivity index (χ2v) is 6.12. The second kappa shape index (κ2) is 7.70. The van der Waals surface area contributed by atoms with E-state index in [9.17, 15) is 10.1 Å². The summed E-state index contributed by atoms with van der Waals surface area (Å²) in [6, 6.07) is 22.3. The minimum absolute atomic E-state index is 0.0645. The van der Waals surface area contributed by atoms with E-state index in [-0.39, 0.29) is 10.6 Å². The van der Waals surface area contributed by atoms with Crippen molar-refractivity contribution in [3.05, 3.63) is 88.5 Å². The number of hydrogen-bond donors (Lipinski definition) is 0. The molecule has 0 spiro atoms. The minimum atomic E-state index is -0.365. The van der Waals surface area contributed by atoms with Gasteiger partial charge in [-0.3, -0.25) is 10.1 Å². The number of nitrogens with zero attached hydrogens (tertiary/aromatic N) is 2. The molecule has 3 rings (SSSR count). The summed E-state index contributed by atoms with van der Waals surface area (Å²) in [6.07, 6.45) is 0. The summed E-state index contributed by atoms with van der Waals surface area (Å²) < 4.78 is 6.05. The molecule has 26 heavy (non-hydrogen) atoms. The van der Waals surface area contributed by atoms with E-state index in [0.717, 1.165) is 11.3 Å². The van der Waals surface area contributed by atoms with Gasteiger partial charge in [-0.15, -0.1) is 0 Å². The van der Waals surface area contributed by atoms with Crippen LogP contribution in [0.1, 0.15) is 5.56 Å². The van der Waals surface area contributed by atoms with Crippen molar-refractivity contribution in [1.29, 1.82) is 0 Å². The number of rotatable bonds is 6. The fraction of sp³-hybridized carbons (Fsp3) is 0.143. The summed E-state index contributed by atoms with van der Waals surface area (Å²) in [5, 5.41) is 11.4. The molecule has 0 aliphatic rings. The molecule has 0 aliphatic carbocycles. The van der Waals surface area contributed by atoms with Gasteiger partial charge in [0.15, 0.2) is 0 Å². The molecule has 0 unspecified atom stereocenters. The molecule has 0 saturated heterocycles. The van der Waals surface area contributed by atoms with Crippen molar-refractivity contribution in [2.75, 3.05) is 19.0 Å². The summed E-state index contributed by atoms with van der Waals surface area (Å²) in [5.41, 5.74) is 3.33. The highest BCUT2D eigenvalue weighted by molar-refractivity contribution is 5.80. The fourth-order valence-corrected chi connectivity index (χ4v) is 2.73. The molecule has 0 N–H and O–H groups in total. The molecule has 0 amide bonds. The summed E-state index contributed by atoms with van der Waals surface area (Å²) in [4.78, 5) is 13.0. The highest BCUT2D eigenvalue weighted by atomic mass is 16.6. The molecule has 0 saturated carbocycles. The molecule has 132 valence electrons. The first-order valence-electron chi connectivity index (χ1n) is 8.28. The van der Waals surface area contributed by atoms with Gasteiger partial charge in [-0.25, -0.2) is 0 Å². The molecule has 0 aromatic heterocycles. The summed E-state index contributed by atoms with van der Waals surface area (Å²) >= 11 is 0. The third-order valence-electron chi connectivity index (χ3n) is 4.11. The van der Waals surface area contributed by atoms with Gasteiger partial charge in [0, 0.05) is 37.5 Å². The Hall–Kier alpha value is -3.34. The topological polar surface area (TPSA) is 55.6 Å². The zero-order chi connectivity index (χ0) is 18.5. The zero-order valence-electron chi connectivity index (χ0n) is 14.8. The van der Waals surface area contributed by atoms with Gasteiger partial charge in [-0.05, 0) is 23.8 Å². The van der Waals surface area contributed by atoms with Crippen molar-refractivity contribution in [3.63, 3.8) is 0 Å². The minimum Gasteiger partial charge on any atom is -0.488 e. The standard InChI is InChI=1S/C21H20N2O3/c1-22(2)17-12-13-19(18-10-6-7-11-20(18)23(24)25)21(14-17)26-15-16-8-4-3-5-9-16/h3-14H,15H2,1-2H3. The second-order valence-electron chi connectivity index (χ2n) is 6.12. The normalized spacial score (nSPS) is 10.4. The van der Waals surface area contributed by atoms with Gasteiger partial charge in [0.1, 0.15) is 12.4 Å². The number of benzene rings is 3. The van der Waals surface area contributed by atoms with Crippen LogP contribution in [0.25, 0.3) is 11.1 Å². The molecular weight excluding hydrogens is 328 g/mol. The Balaban J connectivity index is 2.03. The van der Waals surface area contributed by atoms with Crippen molar-refractivity contribution in [1.82, 2.24) is 0 Å². The van der Waals surface area contributed by atoms with E-state index in [4.69, 9.17) is 4.74 Å². The van der Waals surface area contributed by atoms with Crippen LogP contribution in [0.2, 0.25) is 0 Å². The average molecular weight is 348 g/mol. The van der Waals surface area contributed by atoms with Crippen LogP contribution in [0.3, 0.4) is 0 Å². The summed E-state index contributed by atoms with van der Waals surface area (Å²) in [7, 11) is 3.89. The Morgan fingerprint density at radius 3 is 2.31 bits per heavy atom. The van der Waals surface area contributed by atoms with E-state index in [0.29, 0.717) is 23.5 Å². The van der Waals surface area contributed by atoms with E-state index in [1.165, 1.54) is 6.07 Å². The van der Waals surface area contributed by atoms with Crippen LogP contribution < -0.4 is 9.64 Å². The SMILES string of the molecule is CN(C)c1ccc(-c2ccccc2[N+](=O)[O-])c(OCc2ccccc2)c1. The Morgan fingerprint density at radius 2 is 1.62 bits per heavy atom. The van der Waals surface area contributed by atoms with Crippen molar-refractivity contribution >= 4 is 11.4 Å². The first-order chi connectivity index (χ1) is 12.6. The lowest BCUT2D eigenvalue weighted by atomic mass is 10.0. The van der Waals surface area contributed by atoms with Crippen LogP contribution in [0.4, 0.5) is 11.4 Å². The van der Waals surface area contributed by atoms with E-state index >= 15 is 0 Å². The van der Waals surface area contributed by atoms with Crippen LogP contribution in [0, 0.1) is 10.1 Å². The average Bonchev–Trinajstić information content (AvgIpc) is 2.67. The molecule has 5 heteroatoms. The van der Waals surface area contributed by atoms with Crippen molar-refractivity contribution in [3.8, 4) is 16.9 Å². The lowest BCUT2D eigenvalue weighted by molar-refractivity contribution is -0.384. The molecule has 5 nitrogen and oxygen atoms in total. The van der Waals surface area contributed by atoms with Gasteiger partial charge < -0.3 is 9.64 Å². The number of nitro groups is 1. The molecule has 0 heterocycles. The van der Waals surface area contributed by atoms with Gasteiger partial charge in [0.05, 0.1) is 10.5 Å². The van der Waals surface area contributed by atoms with Gasteiger partial charge >= 0.3 is 0 Å². The summed E-state index contributed by atoms with van der Waals surface area (Å²) in [5.74, 6) is 0.620. The molecule has 0 atom stereocenters. The number of anilines is 1. The van der Waals surface area contributed by atoms with Crippen molar-refractivity contribution in [2.45, 2.75) is 6.61 Å². The zero-order valence-corrected chi connectivity index (χ0v) is 14.8. The Bertz CT molecular complexity index is 908. The molecular formula is C21H20N2O3. The highest BCUT2D eigenvalue weighted by Gasteiger charge is 2.18. The number of ether oxygens (including phenoxy) is 1. The largest absolute Gasteiger partial charge is 0.488 e. The quantitative estimate of drug-likeness (QED) is 0.469. The van der Waals surface area contributed by atoms with Crippen LogP contribution in [0.15, 0.2) is 72.8 Å². The monoisotopic (exact) mass is 348 g/mol. The molecule has 0 fully saturated rings. The van der Waals surface area contributed by atoms with E-state index in [1.54, 1.807) is 18.2 Å². The number of nitro benzene ring substituents is 1. The maximum atomic E-state index is 11.4. The van der Waals surface area contributed by atoms with E-state index in [2.05, 4.69) is 0 Å². The molecule has 3 aromatic rings. The number of hydrogen-bond acceptors (Lipinski definition) is 4. The van der Waals surface area contributed by atoms with Crippen LogP contribution in [-0.4, -0.2) is 19.0 Å². The first-order valence-corrected chi connectivity index (χ1v) is 8.28. The lowest BCUT2D eigenvalue weighted by Crippen LogP contribution is -2.09. The van der Waals surface area contributed by atoms with Gasteiger partial charge in [0.2, 0.25) is 0 Å². The predicted octanol–water partition coefficient (Wildman–Crippen LogP) is 4.91. The van der Waals surface area contributed by atoms with Crippen LogP contribution in [-0.2, 0) is 6.61 Å². The Morgan fingerprint density at radius 1 is 0.923 bits per heavy atom. The fourth-order valence-electron chi connectivity index (χ4n) is 2.73. The Kier molecular flexibility index (Phi) is 5.17. The highest BCUT2D eigenvalue weighted by Crippen LogP contribution is 2.38. The van der Waals surface area contributed by atoms with E-state index in [1.807, 2.05) is 67.5 Å². The third-order valence-corrected chi connectivity index (χ3v) is 4.11. The van der Waals surface area contributed by atoms with Crippen molar-refractivity contribution < 1.29 is 9.66 Å². The lowest BCUT2D eigenvalue weighted by Gasteiger charge is -2.17. The smallest absolute Gasteiger partial charge is 0.277 e. The molecule has 0 aliphatic heterocycles.